The zero-order valence-corrected chi connectivity index (χ0v) is 5.71. The van der Waals surface area contributed by atoms with Gasteiger partial charge in [-0.2, -0.15) is 0 Å². The van der Waals surface area contributed by atoms with Gasteiger partial charge in [-0.1, -0.05) is 24.2 Å². The van der Waals surface area contributed by atoms with Gasteiger partial charge in [0.2, 0.25) is 0 Å². The minimum Gasteiger partial charge on any atom is -0.431 e. The van der Waals surface area contributed by atoms with E-state index >= 15 is 0 Å². The van der Waals surface area contributed by atoms with E-state index in [4.69, 9.17) is 4.65 Å². The van der Waals surface area contributed by atoms with Crippen LogP contribution in [0.3, 0.4) is 0 Å². The molecule has 1 heterocycles. The van der Waals surface area contributed by atoms with Gasteiger partial charge in [-0.25, -0.2) is 0 Å². The van der Waals surface area contributed by atoms with Crippen molar-refractivity contribution in [1.29, 1.82) is 0 Å². The molecule has 1 rings (SSSR count). The lowest BCUT2D eigenvalue weighted by atomic mass is 9.63. The minimum atomic E-state index is 0.333. The summed E-state index contributed by atoms with van der Waals surface area (Å²) >= 11 is 0. The molecule has 0 bridgehead atoms. The summed E-state index contributed by atoms with van der Waals surface area (Å²) in [4.78, 5) is 0. The maximum atomic E-state index is 5.34. The van der Waals surface area contributed by atoms with E-state index < -0.39 is 0 Å². The first-order valence-corrected chi connectivity index (χ1v) is 3.38. The predicted molar refractivity (Wildman–Crippen MR) is 40.5 cm³/mol. The molecule has 0 saturated heterocycles. The van der Waals surface area contributed by atoms with Crippen molar-refractivity contribution in [3.63, 3.8) is 0 Å². The van der Waals surface area contributed by atoms with Gasteiger partial charge in [0.15, 0.2) is 0 Å². The van der Waals surface area contributed by atoms with Crippen molar-refractivity contribution in [2.75, 3.05) is 6.61 Å². The molecule has 0 aliphatic carbocycles. The summed E-state index contributed by atoms with van der Waals surface area (Å²) in [5.74, 6) is 2.09. The van der Waals surface area contributed by atoms with Gasteiger partial charge < -0.3 is 4.65 Å². The molecule has 0 unspecified atom stereocenters. The zero-order chi connectivity index (χ0) is 6.53. The van der Waals surface area contributed by atoms with Gasteiger partial charge in [0, 0.05) is 6.61 Å². The molecule has 0 fully saturated rings. The molecule has 0 aromatic heterocycles. The van der Waals surface area contributed by atoms with Gasteiger partial charge in [0.05, 0.1) is 0 Å². The van der Waals surface area contributed by atoms with Gasteiger partial charge in [-0.15, -0.1) is 0 Å². The molecule has 1 aliphatic rings. The second-order valence-corrected chi connectivity index (χ2v) is 2.04. The quantitative estimate of drug-likeness (QED) is 0.506. The Morgan fingerprint density at radius 3 is 3.00 bits per heavy atom. The number of hydrogen-bond donors (Lipinski definition) is 0. The lowest BCUT2D eigenvalue weighted by Crippen LogP contribution is -2.15. The predicted octanol–water partition coefficient (Wildman–Crippen LogP) is 1.68. The lowest BCUT2D eigenvalue weighted by Gasteiger charge is -2.07. The Labute approximate surface area is 56.5 Å². The first-order chi connectivity index (χ1) is 4.43. The Morgan fingerprint density at radius 1 is 1.56 bits per heavy atom. The molecule has 0 N–H and O–H groups in total. The van der Waals surface area contributed by atoms with Crippen LogP contribution in [0.1, 0.15) is 6.92 Å². The van der Waals surface area contributed by atoms with Gasteiger partial charge >= 0.3 is 6.92 Å². The van der Waals surface area contributed by atoms with Crippen LogP contribution in [0.25, 0.3) is 0 Å². The summed E-state index contributed by atoms with van der Waals surface area (Å²) in [6, 6.07) is 0. The van der Waals surface area contributed by atoms with Crippen LogP contribution in [0.2, 0.25) is 6.32 Å². The molecule has 48 valence electrons. The van der Waals surface area contributed by atoms with Gasteiger partial charge in [-0.05, 0) is 13.2 Å². The van der Waals surface area contributed by atoms with Crippen molar-refractivity contribution < 1.29 is 4.65 Å². The Hall–Kier alpha value is -0.495. The van der Waals surface area contributed by atoms with Crippen molar-refractivity contribution in [2.24, 2.45) is 0 Å². The molecule has 0 amide bonds. The summed E-state index contributed by atoms with van der Waals surface area (Å²) in [6.07, 6.45) is 7.24. The molecule has 2 heteroatoms. The van der Waals surface area contributed by atoms with Crippen molar-refractivity contribution in [1.82, 2.24) is 0 Å². The van der Waals surface area contributed by atoms with Crippen LogP contribution in [0, 0.1) is 0 Å². The third-order valence-corrected chi connectivity index (χ3v) is 1.32. The smallest absolute Gasteiger partial charge is 0.323 e. The third-order valence-electron chi connectivity index (χ3n) is 1.32. The summed E-state index contributed by atoms with van der Waals surface area (Å²) in [5, 5.41) is 0. The number of hydrogen-bond acceptors (Lipinski definition) is 1. The molecule has 0 spiro atoms. The first kappa shape index (κ1) is 6.62. The van der Waals surface area contributed by atoms with Crippen LogP contribution < -0.4 is 0 Å². The van der Waals surface area contributed by atoms with Crippen LogP contribution in [-0.4, -0.2) is 13.5 Å². The van der Waals surface area contributed by atoms with E-state index in [1.54, 1.807) is 0 Å². The van der Waals surface area contributed by atoms with Crippen molar-refractivity contribution in [2.45, 2.75) is 13.2 Å². The van der Waals surface area contributed by atoms with Crippen molar-refractivity contribution in [3.8, 4) is 0 Å². The van der Waals surface area contributed by atoms with E-state index in [9.17, 15) is 0 Å². The summed E-state index contributed by atoms with van der Waals surface area (Å²) in [6.45, 7) is 3.16. The van der Waals surface area contributed by atoms with Crippen molar-refractivity contribution >= 4 is 6.92 Å². The Kier molecular flexibility index (Phi) is 2.59. The van der Waals surface area contributed by atoms with E-state index in [0.717, 1.165) is 12.9 Å². The van der Waals surface area contributed by atoms with Gasteiger partial charge in [-0.3, -0.25) is 0 Å². The van der Waals surface area contributed by atoms with Gasteiger partial charge in [0.25, 0.3) is 0 Å². The Bertz CT molecular complexity index is 129. The zero-order valence-electron chi connectivity index (χ0n) is 5.71. The number of rotatable bonds is 2. The fourth-order valence-corrected chi connectivity index (χ4v) is 0.896. The minimum absolute atomic E-state index is 0.333. The van der Waals surface area contributed by atoms with Crippen LogP contribution in [-0.2, 0) is 4.65 Å². The molecule has 0 atom stereocenters. The summed E-state index contributed by atoms with van der Waals surface area (Å²) in [7, 11) is 0. The highest BCUT2D eigenvalue weighted by atomic mass is 16.4. The maximum Gasteiger partial charge on any atom is 0.323 e. The van der Waals surface area contributed by atoms with Gasteiger partial charge in [0.1, 0.15) is 0 Å². The molecular formula is C7H11BO. The molecule has 0 aromatic rings. The Balaban J connectivity index is 2.28. The van der Waals surface area contributed by atoms with Crippen LogP contribution in [0.4, 0.5) is 0 Å². The van der Waals surface area contributed by atoms with Crippen molar-refractivity contribution in [3.05, 3.63) is 24.2 Å². The molecule has 0 saturated carbocycles. The second kappa shape index (κ2) is 3.52. The number of allylic oxidation sites excluding steroid dienone is 3. The SMILES string of the molecule is CCOB1C=CC=CC1. The summed E-state index contributed by atoms with van der Waals surface area (Å²) in [5.41, 5.74) is 0. The fraction of sp³-hybridized carbons (Fsp3) is 0.429. The van der Waals surface area contributed by atoms with Crippen LogP contribution in [0.15, 0.2) is 24.2 Å². The highest BCUT2D eigenvalue weighted by Gasteiger charge is 2.08. The molecule has 9 heavy (non-hydrogen) atoms. The molecule has 0 radical (unpaired) electrons. The monoisotopic (exact) mass is 122 g/mol. The van der Waals surface area contributed by atoms with E-state index in [2.05, 4.69) is 18.1 Å². The van der Waals surface area contributed by atoms with Crippen LogP contribution in [0.5, 0.6) is 0 Å². The standard InChI is InChI=1S/C7H11BO/c1-2-9-8-6-4-3-5-7-8/h3-6H,2,7H2,1H3. The molecule has 0 aromatic carbocycles. The first-order valence-electron chi connectivity index (χ1n) is 3.38. The maximum absolute atomic E-state index is 5.34. The average molecular weight is 122 g/mol. The van der Waals surface area contributed by atoms with Crippen LogP contribution >= 0.6 is 0 Å². The Morgan fingerprint density at radius 2 is 2.44 bits per heavy atom. The van der Waals surface area contributed by atoms with E-state index in [0.29, 0.717) is 6.92 Å². The third kappa shape index (κ3) is 2.06. The second-order valence-electron chi connectivity index (χ2n) is 2.04. The molecule has 1 aliphatic heterocycles. The lowest BCUT2D eigenvalue weighted by molar-refractivity contribution is 0.351. The average Bonchev–Trinajstić information content (AvgIpc) is 1.91. The summed E-state index contributed by atoms with van der Waals surface area (Å²) < 4.78 is 5.34. The van der Waals surface area contributed by atoms with E-state index in [1.165, 1.54) is 0 Å². The normalized spacial score (nSPS) is 16.8. The highest BCUT2D eigenvalue weighted by molar-refractivity contribution is 6.58. The topological polar surface area (TPSA) is 9.23 Å². The highest BCUT2D eigenvalue weighted by Crippen LogP contribution is 2.03. The van der Waals surface area contributed by atoms with E-state index in [-0.39, 0.29) is 0 Å². The van der Waals surface area contributed by atoms with E-state index in [1.807, 2.05) is 13.0 Å². The molecule has 1 nitrogen and oxygen atoms in total. The molecular weight excluding hydrogens is 111 g/mol. The largest absolute Gasteiger partial charge is 0.431 e. The fourth-order valence-electron chi connectivity index (χ4n) is 0.896.